The molecule has 1 aromatic carbocycles. The average Bonchev–Trinajstić information content (AvgIpc) is 3.22. The van der Waals surface area contributed by atoms with E-state index in [9.17, 15) is 5.11 Å². The first-order valence-corrected chi connectivity index (χ1v) is 7.52. The number of aliphatic hydroxyl groups is 1. The van der Waals surface area contributed by atoms with Crippen LogP contribution in [0, 0.1) is 11.8 Å². The van der Waals surface area contributed by atoms with Gasteiger partial charge < -0.3 is 5.11 Å². The van der Waals surface area contributed by atoms with Crippen LogP contribution in [0.25, 0.3) is 0 Å². The van der Waals surface area contributed by atoms with Gasteiger partial charge in [0, 0.05) is 0 Å². The zero-order valence-corrected chi connectivity index (χ0v) is 11.3. The van der Waals surface area contributed by atoms with Gasteiger partial charge in [-0.05, 0) is 54.6 Å². The van der Waals surface area contributed by atoms with Gasteiger partial charge >= 0.3 is 0 Å². The lowest BCUT2D eigenvalue weighted by Gasteiger charge is -2.30. The van der Waals surface area contributed by atoms with Crippen LogP contribution in [0.15, 0.2) is 24.3 Å². The molecule has 2 aliphatic carbocycles. The van der Waals surface area contributed by atoms with Crippen LogP contribution in [0.2, 0.25) is 0 Å². The Bertz CT molecular complexity index is 391. The number of rotatable bonds is 3. The summed E-state index contributed by atoms with van der Waals surface area (Å²) in [5.74, 6) is 2.07. The van der Waals surface area contributed by atoms with E-state index >= 15 is 0 Å². The van der Waals surface area contributed by atoms with Crippen LogP contribution in [-0.2, 0) is 0 Å². The molecular weight excluding hydrogens is 220 g/mol. The van der Waals surface area contributed by atoms with E-state index in [1.165, 1.54) is 44.1 Å². The van der Waals surface area contributed by atoms with Gasteiger partial charge in [-0.1, -0.05) is 44.0 Å². The lowest BCUT2D eigenvalue weighted by molar-refractivity contribution is 0.0714. The summed E-state index contributed by atoms with van der Waals surface area (Å²) in [7, 11) is 0. The topological polar surface area (TPSA) is 20.2 Å². The Balaban J connectivity index is 1.68. The maximum Gasteiger partial charge on any atom is 0.0818 e. The fraction of sp³-hybridized carbons (Fsp3) is 0.647. The lowest BCUT2D eigenvalue weighted by Crippen LogP contribution is -2.20. The summed E-state index contributed by atoms with van der Waals surface area (Å²) in [5, 5.41) is 10.5. The van der Waals surface area contributed by atoms with Gasteiger partial charge in [-0.2, -0.15) is 0 Å². The molecule has 0 spiro atoms. The van der Waals surface area contributed by atoms with Crippen molar-refractivity contribution in [2.75, 3.05) is 0 Å². The predicted octanol–water partition coefficient (Wildman–Crippen LogP) is 4.42. The molecule has 1 aromatic rings. The molecule has 2 saturated carbocycles. The van der Waals surface area contributed by atoms with Gasteiger partial charge in [-0.15, -0.1) is 0 Å². The summed E-state index contributed by atoms with van der Waals surface area (Å²) in [4.78, 5) is 0. The molecule has 3 unspecified atom stereocenters. The fourth-order valence-electron chi connectivity index (χ4n) is 3.42. The molecule has 0 saturated heterocycles. The summed E-state index contributed by atoms with van der Waals surface area (Å²) in [6.45, 7) is 2.31. The molecule has 0 radical (unpaired) electrons. The smallest absolute Gasteiger partial charge is 0.0818 e. The molecular formula is C17H24O. The largest absolute Gasteiger partial charge is 0.388 e. The van der Waals surface area contributed by atoms with Crippen molar-refractivity contribution in [3.8, 4) is 0 Å². The molecule has 3 rings (SSSR count). The van der Waals surface area contributed by atoms with Gasteiger partial charge in [0.1, 0.15) is 0 Å². The molecule has 2 aliphatic rings. The van der Waals surface area contributed by atoms with Crippen LogP contribution in [0.5, 0.6) is 0 Å². The monoisotopic (exact) mass is 244 g/mol. The maximum atomic E-state index is 10.5. The van der Waals surface area contributed by atoms with Crippen molar-refractivity contribution >= 4 is 0 Å². The number of benzene rings is 1. The second kappa shape index (κ2) is 5.05. The minimum Gasteiger partial charge on any atom is -0.388 e. The summed E-state index contributed by atoms with van der Waals surface area (Å²) in [5.41, 5.74) is 2.58. The summed E-state index contributed by atoms with van der Waals surface area (Å²) in [6.07, 6.45) is 7.44. The predicted molar refractivity (Wildman–Crippen MR) is 74.5 cm³/mol. The highest BCUT2D eigenvalue weighted by Gasteiger charge is 2.27. The first-order valence-electron chi connectivity index (χ1n) is 7.52. The fourth-order valence-corrected chi connectivity index (χ4v) is 3.42. The van der Waals surface area contributed by atoms with Crippen LogP contribution in [0.1, 0.15) is 68.6 Å². The van der Waals surface area contributed by atoms with E-state index in [2.05, 4.69) is 31.2 Å². The molecule has 0 heterocycles. The third-order valence-electron chi connectivity index (χ3n) is 4.75. The van der Waals surface area contributed by atoms with Gasteiger partial charge in [-0.3, -0.25) is 0 Å². The number of aliphatic hydroxyl groups excluding tert-OH is 1. The molecule has 0 amide bonds. The van der Waals surface area contributed by atoms with Crippen molar-refractivity contribution in [1.29, 1.82) is 0 Å². The molecule has 2 fully saturated rings. The zero-order chi connectivity index (χ0) is 12.5. The summed E-state index contributed by atoms with van der Waals surface area (Å²) in [6, 6.07) is 8.75. The van der Waals surface area contributed by atoms with Crippen molar-refractivity contribution in [2.45, 2.75) is 57.5 Å². The molecule has 1 nitrogen and oxygen atoms in total. The summed E-state index contributed by atoms with van der Waals surface area (Å²) >= 11 is 0. The molecule has 0 aliphatic heterocycles. The van der Waals surface area contributed by atoms with Gasteiger partial charge in [0.15, 0.2) is 0 Å². The van der Waals surface area contributed by atoms with E-state index in [4.69, 9.17) is 0 Å². The van der Waals surface area contributed by atoms with E-state index in [0.29, 0.717) is 5.92 Å². The van der Waals surface area contributed by atoms with E-state index in [1.54, 1.807) is 0 Å². The Labute approximate surface area is 110 Å². The normalized spacial score (nSPS) is 30.1. The quantitative estimate of drug-likeness (QED) is 0.834. The molecule has 0 bridgehead atoms. The highest BCUT2D eigenvalue weighted by Crippen LogP contribution is 2.41. The van der Waals surface area contributed by atoms with Crippen LogP contribution in [0.3, 0.4) is 0 Å². The number of hydrogen-bond donors (Lipinski definition) is 1. The zero-order valence-electron chi connectivity index (χ0n) is 11.3. The third kappa shape index (κ3) is 2.61. The Kier molecular flexibility index (Phi) is 3.43. The minimum absolute atomic E-state index is 0.249. The maximum absolute atomic E-state index is 10.5. The van der Waals surface area contributed by atoms with Crippen molar-refractivity contribution in [3.05, 3.63) is 35.4 Å². The van der Waals surface area contributed by atoms with Gasteiger partial charge in [0.2, 0.25) is 0 Å². The van der Waals surface area contributed by atoms with E-state index in [0.717, 1.165) is 17.4 Å². The van der Waals surface area contributed by atoms with Crippen LogP contribution < -0.4 is 0 Å². The van der Waals surface area contributed by atoms with Crippen LogP contribution in [0.4, 0.5) is 0 Å². The molecule has 98 valence electrons. The molecule has 1 N–H and O–H groups in total. The highest BCUT2D eigenvalue weighted by atomic mass is 16.3. The lowest BCUT2D eigenvalue weighted by atomic mass is 9.78. The highest BCUT2D eigenvalue weighted by molar-refractivity contribution is 5.29. The van der Waals surface area contributed by atoms with Gasteiger partial charge in [0.25, 0.3) is 0 Å². The second-order valence-electron chi connectivity index (χ2n) is 6.42. The molecule has 0 aromatic heterocycles. The Morgan fingerprint density at radius 2 is 1.78 bits per heavy atom. The van der Waals surface area contributed by atoms with Crippen molar-refractivity contribution in [3.63, 3.8) is 0 Å². The van der Waals surface area contributed by atoms with Gasteiger partial charge in [-0.25, -0.2) is 0 Å². The van der Waals surface area contributed by atoms with Crippen LogP contribution in [-0.4, -0.2) is 5.11 Å². The van der Waals surface area contributed by atoms with E-state index < -0.39 is 0 Å². The van der Waals surface area contributed by atoms with Gasteiger partial charge in [0.05, 0.1) is 6.10 Å². The number of hydrogen-bond acceptors (Lipinski definition) is 1. The Morgan fingerprint density at radius 1 is 1.06 bits per heavy atom. The first-order chi connectivity index (χ1) is 8.74. The molecule has 3 atom stereocenters. The molecule has 1 heteroatoms. The molecule has 18 heavy (non-hydrogen) atoms. The SMILES string of the molecule is CC1CCCC(C(O)c2ccc(C3CC3)cc2)C1. The van der Waals surface area contributed by atoms with Crippen molar-refractivity contribution < 1.29 is 5.11 Å². The minimum atomic E-state index is -0.249. The Morgan fingerprint density at radius 3 is 2.39 bits per heavy atom. The van der Waals surface area contributed by atoms with Crippen molar-refractivity contribution in [1.82, 2.24) is 0 Å². The third-order valence-corrected chi connectivity index (χ3v) is 4.75. The average molecular weight is 244 g/mol. The van der Waals surface area contributed by atoms with E-state index in [-0.39, 0.29) is 6.10 Å². The second-order valence-corrected chi connectivity index (χ2v) is 6.42. The van der Waals surface area contributed by atoms with Crippen molar-refractivity contribution in [2.24, 2.45) is 11.8 Å². The Hall–Kier alpha value is -0.820. The van der Waals surface area contributed by atoms with Crippen LogP contribution >= 0.6 is 0 Å². The van der Waals surface area contributed by atoms with E-state index in [1.807, 2.05) is 0 Å². The summed E-state index contributed by atoms with van der Waals surface area (Å²) < 4.78 is 0. The first kappa shape index (κ1) is 12.2. The standard InChI is InChI=1S/C17H24O/c1-12-3-2-4-16(11-12)17(18)15-9-7-14(8-10-15)13-5-6-13/h7-10,12-13,16-18H,2-6,11H2,1H3.